The number of nitrogens with one attached hydrogen (secondary N) is 2. The number of alkyl halides is 4. The van der Waals surface area contributed by atoms with Crippen LogP contribution in [0.3, 0.4) is 0 Å². The lowest BCUT2D eigenvalue weighted by molar-refractivity contribution is -0.0438. The van der Waals surface area contributed by atoms with Crippen LogP contribution < -0.4 is 14.4 Å². The highest BCUT2D eigenvalue weighted by atomic mass is 35.5. The van der Waals surface area contributed by atoms with Crippen molar-refractivity contribution < 1.29 is 43.9 Å². The zero-order valence-electron chi connectivity index (χ0n) is 38.1. The molecule has 2 N–H and O–H groups in total. The molecule has 2 aliphatic heterocycles. The number of fused-ring (bicyclic) bond motifs is 2. The molecule has 1 aliphatic carbocycles. The van der Waals surface area contributed by atoms with E-state index in [2.05, 4.69) is 50.8 Å². The predicted octanol–water partition coefficient (Wildman–Crippen LogP) is 8.57. The Morgan fingerprint density at radius 2 is 1.64 bits per heavy atom. The predicted molar refractivity (Wildman–Crippen MR) is 256 cm³/mol. The van der Waals surface area contributed by atoms with Crippen LogP contribution in [0.5, 0.6) is 5.75 Å². The van der Waals surface area contributed by atoms with E-state index < -0.39 is 59.1 Å². The molecular weight excluding hydrogens is 960 g/mol. The average molecular weight is 1010 g/mol. The lowest BCUT2D eigenvalue weighted by Crippen LogP contribution is -2.47. The summed E-state index contributed by atoms with van der Waals surface area (Å²) in [5.74, 6) is -2.07. The number of benzene rings is 3. The van der Waals surface area contributed by atoms with Crippen molar-refractivity contribution in [2.75, 3.05) is 64.4 Å². The number of rotatable bonds is 12. The van der Waals surface area contributed by atoms with Gasteiger partial charge in [0, 0.05) is 68.1 Å². The van der Waals surface area contributed by atoms with E-state index in [1.54, 1.807) is 25.4 Å². The molecule has 1 amide bonds. The molecule has 0 atom stereocenters. The highest BCUT2D eigenvalue weighted by Gasteiger charge is 2.49. The number of sulfonamides is 1. The molecule has 3 aromatic carbocycles. The number of nitrogens with zero attached hydrogens (tertiary/aromatic N) is 6. The Balaban J connectivity index is 1.00. The Labute approximate surface area is 402 Å². The minimum Gasteiger partial charge on any atom is -0.489 e. The second-order valence-corrected chi connectivity index (χ2v) is 23.0. The van der Waals surface area contributed by atoms with Crippen LogP contribution in [0, 0.1) is 5.41 Å². The van der Waals surface area contributed by atoms with Crippen LogP contribution in [-0.4, -0.2) is 123 Å². The van der Waals surface area contributed by atoms with Crippen molar-refractivity contribution in [1.82, 2.24) is 34.3 Å². The number of aromatic nitrogens is 4. The molecule has 366 valence electrons. The van der Waals surface area contributed by atoms with E-state index in [-0.39, 0.29) is 35.6 Å². The summed E-state index contributed by atoms with van der Waals surface area (Å²) in [6.45, 7) is 8.04. The molecule has 0 radical (unpaired) electrons. The quantitative estimate of drug-likeness (QED) is 0.113. The number of halogens is 5. The number of piperazine rings is 1. The van der Waals surface area contributed by atoms with E-state index in [0.717, 1.165) is 56.0 Å². The van der Waals surface area contributed by atoms with Gasteiger partial charge in [0.05, 0.1) is 27.9 Å². The number of piperidine rings is 1. The molecule has 2 fully saturated rings. The zero-order valence-corrected chi connectivity index (χ0v) is 40.5. The van der Waals surface area contributed by atoms with Gasteiger partial charge in [0.1, 0.15) is 34.1 Å². The molecule has 9 rings (SSSR count). The number of allylic oxidation sites excluding steroid dienone is 1. The third-order valence-electron chi connectivity index (χ3n) is 13.5. The minimum absolute atomic E-state index is 0.0190. The van der Waals surface area contributed by atoms with Crippen LogP contribution in [-0.2, 0) is 19.9 Å². The number of amides is 1. The monoisotopic (exact) mass is 1010 g/mol. The highest BCUT2D eigenvalue weighted by Crippen LogP contribution is 2.44. The number of hydrogen-bond acceptors (Lipinski definition) is 11. The van der Waals surface area contributed by atoms with Crippen LogP contribution >= 0.6 is 11.6 Å². The van der Waals surface area contributed by atoms with Crippen LogP contribution in [0.2, 0.25) is 5.02 Å². The molecule has 0 bridgehead atoms. The third kappa shape index (κ3) is 10.1. The Morgan fingerprint density at radius 3 is 2.35 bits per heavy atom. The normalized spacial score (nSPS) is 18.5. The Hall–Kier alpha value is -5.54. The van der Waals surface area contributed by atoms with Gasteiger partial charge < -0.3 is 19.5 Å². The van der Waals surface area contributed by atoms with Crippen molar-refractivity contribution >= 4 is 70.7 Å². The summed E-state index contributed by atoms with van der Waals surface area (Å²) in [5, 5.41) is 5.99. The van der Waals surface area contributed by atoms with Crippen molar-refractivity contribution in [3.8, 4) is 11.4 Å². The number of ether oxygens (including phenoxy) is 1. The smallest absolute Gasteiger partial charge is 0.489 e. The molecule has 2 saturated heterocycles. The SMILES string of the molecule is CN1CCC(F)(COc2ccc(S(=O)(=O)NC(=O)c3ccc(N4CCN(CC5=C(c6ccc(Cl)cc6)CC(C)(C)CC5)CC4)cc3-n3ncc4nc5[nH]ccc5cc43)cc2S(=O)(=O)C(F)(F)F)CC1. The lowest BCUT2D eigenvalue weighted by atomic mass is 9.72. The van der Waals surface area contributed by atoms with Gasteiger partial charge in [-0.05, 0) is 116 Å². The molecule has 0 spiro atoms. The number of likely N-dealkylation sites (tertiary alicyclic amines) is 1. The maximum atomic E-state index is 15.6. The molecule has 21 heteroatoms. The molecule has 14 nitrogen and oxygen atoms in total. The van der Waals surface area contributed by atoms with E-state index in [0.29, 0.717) is 53.9 Å². The number of sulfone groups is 1. The van der Waals surface area contributed by atoms with Crippen LogP contribution in [0.1, 0.15) is 61.9 Å². The summed E-state index contributed by atoms with van der Waals surface area (Å²) in [6, 6.07) is 18.3. The maximum Gasteiger partial charge on any atom is 0.502 e. The van der Waals surface area contributed by atoms with E-state index >= 15 is 4.39 Å². The van der Waals surface area contributed by atoms with Crippen LogP contribution in [0.15, 0.2) is 101 Å². The van der Waals surface area contributed by atoms with Crippen molar-refractivity contribution in [3.63, 3.8) is 0 Å². The summed E-state index contributed by atoms with van der Waals surface area (Å²) in [4.78, 5) is 25.9. The van der Waals surface area contributed by atoms with Gasteiger partial charge in [-0.3, -0.25) is 9.69 Å². The Morgan fingerprint density at radius 1 is 0.913 bits per heavy atom. The summed E-state index contributed by atoms with van der Waals surface area (Å²) >= 11 is 6.24. The Kier molecular flexibility index (Phi) is 12.9. The van der Waals surface area contributed by atoms with Gasteiger partial charge in [0.15, 0.2) is 0 Å². The molecular formula is C48H51ClF4N8O6S2. The average Bonchev–Trinajstić information content (AvgIpc) is 3.95. The van der Waals surface area contributed by atoms with Gasteiger partial charge in [-0.1, -0.05) is 43.2 Å². The molecule has 6 aromatic rings. The van der Waals surface area contributed by atoms with Gasteiger partial charge in [-0.15, -0.1) is 0 Å². The summed E-state index contributed by atoms with van der Waals surface area (Å²) in [5.41, 5.74) is -1.44. The second kappa shape index (κ2) is 18.3. The molecule has 0 saturated carbocycles. The van der Waals surface area contributed by atoms with Gasteiger partial charge >= 0.3 is 5.51 Å². The van der Waals surface area contributed by atoms with E-state index in [9.17, 15) is 34.8 Å². The first kappa shape index (κ1) is 48.5. The van der Waals surface area contributed by atoms with Crippen molar-refractivity contribution in [1.29, 1.82) is 0 Å². The number of aromatic amines is 1. The minimum atomic E-state index is -6.23. The van der Waals surface area contributed by atoms with Gasteiger partial charge in [-0.2, -0.15) is 18.3 Å². The number of pyridine rings is 1. The largest absolute Gasteiger partial charge is 0.502 e. The van der Waals surface area contributed by atoms with Gasteiger partial charge in [0.2, 0.25) is 0 Å². The molecule has 3 aliphatic rings. The number of carbonyl (C=O) groups excluding carboxylic acids is 1. The molecule has 5 heterocycles. The Bertz CT molecular complexity index is 3200. The van der Waals surface area contributed by atoms with Crippen LogP contribution in [0.25, 0.3) is 33.3 Å². The zero-order chi connectivity index (χ0) is 49.1. The highest BCUT2D eigenvalue weighted by molar-refractivity contribution is 7.92. The second-order valence-electron chi connectivity index (χ2n) is 19.0. The number of anilines is 1. The van der Waals surface area contributed by atoms with E-state index in [1.165, 1.54) is 33.7 Å². The fourth-order valence-corrected chi connectivity index (χ4v) is 11.4. The molecule has 3 aromatic heterocycles. The summed E-state index contributed by atoms with van der Waals surface area (Å²) in [6.07, 6.45) is 6.22. The maximum absolute atomic E-state index is 15.6. The van der Waals surface area contributed by atoms with Gasteiger partial charge in [-0.25, -0.2) is 35.6 Å². The van der Waals surface area contributed by atoms with Gasteiger partial charge in [0.25, 0.3) is 25.8 Å². The third-order valence-corrected chi connectivity index (χ3v) is 16.6. The molecule has 69 heavy (non-hydrogen) atoms. The first-order valence-electron chi connectivity index (χ1n) is 22.5. The van der Waals surface area contributed by atoms with Crippen molar-refractivity contribution in [2.45, 2.75) is 66.9 Å². The van der Waals surface area contributed by atoms with Crippen LogP contribution in [0.4, 0.5) is 23.2 Å². The standard InChI is InChI=1S/C48H51ClF4N8O6S2/c1-46(2)14-12-33(38(27-46)31-4-6-34(49)7-5-31)29-59-20-22-60(23-21-59)35-8-10-37(40(25-35)61-41-24-32-13-17-54-44(32)56-39(41)28-55-61)45(62)57-69(65,66)36-9-11-42(43(26-36)68(63,64)48(51,52)53)67-30-47(50)15-18-58(3)19-16-47/h4-11,13,17,24-26,28H,12,14-16,18-23,27,29-30H2,1-3H3,(H,54,56)(H,57,62). The summed E-state index contributed by atoms with van der Waals surface area (Å²) < 4.78 is 120. The van der Waals surface area contributed by atoms with E-state index in [1.807, 2.05) is 33.9 Å². The lowest BCUT2D eigenvalue weighted by Gasteiger charge is -2.39. The fraction of sp³-hybridized carbons (Fsp3) is 0.396. The topological polar surface area (TPSA) is 163 Å². The first-order valence-corrected chi connectivity index (χ1v) is 25.9. The first-order chi connectivity index (χ1) is 32.6. The number of H-pyrrole nitrogens is 1. The van der Waals surface area contributed by atoms with E-state index in [4.69, 9.17) is 16.3 Å². The molecule has 0 unspecified atom stereocenters. The summed E-state index contributed by atoms with van der Waals surface area (Å²) in [7, 11) is -9.53. The fourth-order valence-electron chi connectivity index (χ4n) is 9.31. The number of hydrogen-bond donors (Lipinski definition) is 2. The van der Waals surface area contributed by atoms with Crippen molar-refractivity contribution in [2.24, 2.45) is 5.41 Å². The number of carbonyl (C=O) groups is 1. The van der Waals surface area contributed by atoms with Crippen molar-refractivity contribution in [3.05, 3.63) is 107 Å².